The van der Waals surface area contributed by atoms with Gasteiger partial charge in [0.05, 0.1) is 11.4 Å². The van der Waals surface area contributed by atoms with Crippen molar-refractivity contribution in [2.45, 2.75) is 12.8 Å². The summed E-state index contributed by atoms with van der Waals surface area (Å²) in [6.07, 6.45) is 3.31. The minimum Gasteiger partial charge on any atom is -0.478 e. The first-order valence-electron chi connectivity index (χ1n) is 6.11. The van der Waals surface area contributed by atoms with E-state index in [1.807, 2.05) is 0 Å². The predicted octanol–water partition coefficient (Wildman–Crippen LogP) is 1.85. The summed E-state index contributed by atoms with van der Waals surface area (Å²) >= 11 is 0. The van der Waals surface area contributed by atoms with E-state index in [0.717, 1.165) is 24.6 Å². The fourth-order valence-electron chi connectivity index (χ4n) is 2.05. The molecular formula is C13H14FNO4S. The lowest BCUT2D eigenvalue weighted by molar-refractivity contribution is -0.131. The second-order valence-corrected chi connectivity index (χ2v) is 6.49. The number of hydrogen-bond donors (Lipinski definition) is 1. The van der Waals surface area contributed by atoms with E-state index in [1.54, 1.807) is 0 Å². The van der Waals surface area contributed by atoms with Gasteiger partial charge in [0.1, 0.15) is 5.82 Å². The third-order valence-electron chi connectivity index (χ3n) is 3.03. The van der Waals surface area contributed by atoms with Crippen molar-refractivity contribution < 1.29 is 22.7 Å². The lowest BCUT2D eigenvalue weighted by atomic mass is 10.1. The average Bonchev–Trinajstić information content (AvgIpc) is 2.36. The van der Waals surface area contributed by atoms with Gasteiger partial charge in [-0.3, -0.25) is 4.31 Å². The third kappa shape index (κ3) is 3.16. The molecule has 0 bridgehead atoms. The maximum Gasteiger partial charge on any atom is 0.328 e. The quantitative estimate of drug-likeness (QED) is 0.864. The molecule has 1 heterocycles. The number of benzene rings is 1. The fourth-order valence-corrected chi connectivity index (χ4v) is 3.68. The van der Waals surface area contributed by atoms with E-state index in [0.29, 0.717) is 13.0 Å². The van der Waals surface area contributed by atoms with Gasteiger partial charge in [-0.2, -0.15) is 0 Å². The maximum atomic E-state index is 13.8. The Kier molecular flexibility index (Phi) is 4.08. The SMILES string of the molecule is O=C(O)/C=C/c1ccc(N2CCCCS2(=O)=O)cc1F. The van der Waals surface area contributed by atoms with Gasteiger partial charge in [0.2, 0.25) is 10.0 Å². The monoisotopic (exact) mass is 299 g/mol. The lowest BCUT2D eigenvalue weighted by Crippen LogP contribution is -2.37. The number of rotatable bonds is 3. The highest BCUT2D eigenvalue weighted by Gasteiger charge is 2.26. The molecule has 0 spiro atoms. The summed E-state index contributed by atoms with van der Waals surface area (Å²) in [5.74, 6) is -1.76. The number of halogens is 1. The van der Waals surface area contributed by atoms with E-state index >= 15 is 0 Å². The molecule has 2 rings (SSSR count). The standard InChI is InChI=1S/C13H14FNO4S/c14-12-9-11(5-3-10(12)4-6-13(16)17)15-7-1-2-8-20(15,18)19/h3-6,9H,1-2,7-8H2,(H,16,17)/b6-4+. The smallest absolute Gasteiger partial charge is 0.328 e. The molecule has 0 saturated carbocycles. The minimum absolute atomic E-state index is 0.0648. The van der Waals surface area contributed by atoms with Crippen LogP contribution in [0.3, 0.4) is 0 Å². The summed E-state index contributed by atoms with van der Waals surface area (Å²) in [4.78, 5) is 10.4. The van der Waals surface area contributed by atoms with Crippen LogP contribution in [0.1, 0.15) is 18.4 Å². The Balaban J connectivity index is 2.31. The Bertz CT molecular complexity index is 654. The van der Waals surface area contributed by atoms with Gasteiger partial charge in [-0.05, 0) is 37.1 Å². The average molecular weight is 299 g/mol. The number of carboxylic acids is 1. The summed E-state index contributed by atoms with van der Waals surface area (Å²) in [7, 11) is -3.38. The Morgan fingerprint density at radius 1 is 1.35 bits per heavy atom. The van der Waals surface area contributed by atoms with Gasteiger partial charge in [-0.25, -0.2) is 17.6 Å². The van der Waals surface area contributed by atoms with Gasteiger partial charge >= 0.3 is 5.97 Å². The number of aliphatic carboxylic acids is 1. The van der Waals surface area contributed by atoms with Gasteiger partial charge in [0.25, 0.3) is 0 Å². The number of nitrogens with zero attached hydrogens (tertiary/aromatic N) is 1. The van der Waals surface area contributed by atoms with Crippen LogP contribution in [0.2, 0.25) is 0 Å². The molecule has 0 aliphatic carbocycles. The molecule has 1 saturated heterocycles. The molecule has 0 radical (unpaired) electrons. The molecule has 20 heavy (non-hydrogen) atoms. The molecule has 7 heteroatoms. The Morgan fingerprint density at radius 2 is 2.10 bits per heavy atom. The maximum absolute atomic E-state index is 13.8. The van der Waals surface area contributed by atoms with Crippen LogP contribution in [-0.2, 0) is 14.8 Å². The largest absolute Gasteiger partial charge is 0.478 e. The number of carbonyl (C=O) groups is 1. The number of sulfonamides is 1. The Labute approximate surface area is 116 Å². The molecule has 0 aromatic heterocycles. The highest BCUT2D eigenvalue weighted by Crippen LogP contribution is 2.25. The highest BCUT2D eigenvalue weighted by atomic mass is 32.2. The zero-order chi connectivity index (χ0) is 14.8. The molecule has 0 atom stereocenters. The van der Waals surface area contributed by atoms with E-state index in [2.05, 4.69) is 0 Å². The number of hydrogen-bond acceptors (Lipinski definition) is 3. The fraction of sp³-hybridized carbons (Fsp3) is 0.308. The van der Waals surface area contributed by atoms with Crippen molar-refractivity contribution in [1.29, 1.82) is 0 Å². The van der Waals surface area contributed by atoms with E-state index in [1.165, 1.54) is 16.4 Å². The van der Waals surface area contributed by atoms with Crippen molar-refractivity contribution in [3.63, 3.8) is 0 Å². The number of anilines is 1. The Hall–Kier alpha value is -1.89. The van der Waals surface area contributed by atoms with Crippen molar-refractivity contribution in [3.8, 4) is 0 Å². The molecule has 0 amide bonds. The zero-order valence-electron chi connectivity index (χ0n) is 10.6. The molecule has 1 fully saturated rings. The first-order chi connectivity index (χ1) is 9.40. The molecular weight excluding hydrogens is 285 g/mol. The van der Waals surface area contributed by atoms with E-state index in [9.17, 15) is 17.6 Å². The second-order valence-electron chi connectivity index (χ2n) is 4.47. The van der Waals surface area contributed by atoms with Gasteiger partial charge in [-0.15, -0.1) is 0 Å². The molecule has 5 nitrogen and oxygen atoms in total. The summed E-state index contributed by atoms with van der Waals surface area (Å²) in [5, 5.41) is 8.50. The first-order valence-corrected chi connectivity index (χ1v) is 7.72. The lowest BCUT2D eigenvalue weighted by Gasteiger charge is -2.28. The Morgan fingerprint density at radius 3 is 2.70 bits per heavy atom. The van der Waals surface area contributed by atoms with Crippen LogP contribution in [0.5, 0.6) is 0 Å². The minimum atomic E-state index is -3.38. The van der Waals surface area contributed by atoms with Gasteiger partial charge in [0, 0.05) is 18.2 Å². The summed E-state index contributed by atoms with van der Waals surface area (Å²) < 4.78 is 38.9. The molecule has 0 unspecified atom stereocenters. The zero-order valence-corrected chi connectivity index (χ0v) is 11.4. The van der Waals surface area contributed by atoms with Crippen LogP contribution in [0.25, 0.3) is 6.08 Å². The van der Waals surface area contributed by atoms with Crippen LogP contribution in [-0.4, -0.2) is 31.8 Å². The molecule has 1 aromatic carbocycles. The van der Waals surface area contributed by atoms with Crippen molar-refractivity contribution in [3.05, 3.63) is 35.7 Å². The van der Waals surface area contributed by atoms with E-state index in [-0.39, 0.29) is 17.0 Å². The molecule has 1 aromatic rings. The predicted molar refractivity (Wildman–Crippen MR) is 73.4 cm³/mol. The summed E-state index contributed by atoms with van der Waals surface area (Å²) in [6.45, 7) is 0.339. The number of carboxylic acid groups (broad SMARTS) is 1. The van der Waals surface area contributed by atoms with Gasteiger partial charge in [0.15, 0.2) is 0 Å². The second kappa shape index (κ2) is 5.62. The van der Waals surface area contributed by atoms with Crippen LogP contribution in [0.15, 0.2) is 24.3 Å². The van der Waals surface area contributed by atoms with Crippen LogP contribution >= 0.6 is 0 Å². The van der Waals surface area contributed by atoms with Gasteiger partial charge < -0.3 is 5.11 Å². The topological polar surface area (TPSA) is 74.7 Å². The highest BCUT2D eigenvalue weighted by molar-refractivity contribution is 7.92. The van der Waals surface area contributed by atoms with Crippen LogP contribution in [0, 0.1) is 5.82 Å². The van der Waals surface area contributed by atoms with E-state index < -0.39 is 21.8 Å². The van der Waals surface area contributed by atoms with Crippen molar-refractivity contribution in [2.75, 3.05) is 16.6 Å². The first kappa shape index (κ1) is 14.5. The third-order valence-corrected chi connectivity index (χ3v) is 4.90. The van der Waals surface area contributed by atoms with Crippen LogP contribution < -0.4 is 4.31 Å². The van der Waals surface area contributed by atoms with Crippen molar-refractivity contribution in [2.24, 2.45) is 0 Å². The molecule has 108 valence electrons. The molecule has 1 N–H and O–H groups in total. The molecule has 1 aliphatic heterocycles. The van der Waals surface area contributed by atoms with Crippen LogP contribution in [0.4, 0.5) is 10.1 Å². The van der Waals surface area contributed by atoms with Gasteiger partial charge in [-0.1, -0.05) is 0 Å². The van der Waals surface area contributed by atoms with Crippen molar-refractivity contribution >= 4 is 27.8 Å². The van der Waals surface area contributed by atoms with E-state index in [4.69, 9.17) is 5.11 Å². The normalized spacial score (nSPS) is 18.4. The van der Waals surface area contributed by atoms with Crippen molar-refractivity contribution in [1.82, 2.24) is 0 Å². The molecule has 1 aliphatic rings. The summed E-state index contributed by atoms with van der Waals surface area (Å²) in [5.41, 5.74) is 0.375. The summed E-state index contributed by atoms with van der Waals surface area (Å²) in [6, 6.07) is 3.96.